The van der Waals surface area contributed by atoms with Gasteiger partial charge in [0.05, 0.1) is 13.2 Å². The molecule has 1 aromatic carbocycles. The molecule has 118 valence electrons. The molecule has 21 heavy (non-hydrogen) atoms. The molecule has 2 N–H and O–H groups in total. The molecule has 1 unspecified atom stereocenters. The number of rotatable bonds is 5. The predicted octanol–water partition coefficient (Wildman–Crippen LogP) is 2.40. The van der Waals surface area contributed by atoms with E-state index in [9.17, 15) is 4.79 Å². The highest BCUT2D eigenvalue weighted by Gasteiger charge is 2.18. The lowest BCUT2D eigenvalue weighted by atomic mass is 10.1. The minimum atomic E-state index is -0.242. The smallest absolute Gasteiger partial charge is 0.315 e. The first kappa shape index (κ1) is 17.3. The molecule has 5 nitrogen and oxygen atoms in total. The van der Waals surface area contributed by atoms with E-state index in [4.69, 9.17) is 4.74 Å². The van der Waals surface area contributed by atoms with Gasteiger partial charge < -0.3 is 20.3 Å². The van der Waals surface area contributed by atoms with Crippen LogP contribution in [0.4, 0.5) is 4.79 Å². The van der Waals surface area contributed by atoms with Gasteiger partial charge in [0.15, 0.2) is 0 Å². The maximum atomic E-state index is 11.9. The molecule has 0 radical (unpaired) electrons. The predicted molar refractivity (Wildman–Crippen MR) is 85.7 cm³/mol. The van der Waals surface area contributed by atoms with Gasteiger partial charge in [-0.05, 0) is 52.6 Å². The van der Waals surface area contributed by atoms with Crippen molar-refractivity contribution in [1.82, 2.24) is 15.5 Å². The zero-order valence-corrected chi connectivity index (χ0v) is 13.9. The van der Waals surface area contributed by atoms with Gasteiger partial charge in [0.25, 0.3) is 0 Å². The molecule has 0 fully saturated rings. The Morgan fingerprint density at radius 1 is 1.33 bits per heavy atom. The molecule has 0 aliphatic carbocycles. The number of benzene rings is 1. The number of likely N-dealkylation sites (N-methyl/N-ethyl adjacent to an activating group) is 1. The van der Waals surface area contributed by atoms with Crippen molar-refractivity contribution in [2.45, 2.75) is 32.4 Å². The standard InChI is InChI=1S/C16H27N3O2/c1-16(2,3)18-15(20)17-11-14(19(4)5)12-8-7-9-13(10-12)21-6/h7-10,14H,11H2,1-6H3,(H2,17,18,20). The van der Waals surface area contributed by atoms with Gasteiger partial charge in [-0.3, -0.25) is 0 Å². The molecule has 0 aliphatic heterocycles. The monoisotopic (exact) mass is 293 g/mol. The number of methoxy groups -OCH3 is 1. The average Bonchev–Trinajstić information content (AvgIpc) is 2.36. The number of ether oxygens (including phenoxy) is 1. The molecule has 5 heteroatoms. The van der Waals surface area contributed by atoms with Gasteiger partial charge in [0, 0.05) is 12.1 Å². The van der Waals surface area contributed by atoms with E-state index in [1.54, 1.807) is 7.11 Å². The summed E-state index contributed by atoms with van der Waals surface area (Å²) in [5, 5.41) is 5.82. The van der Waals surface area contributed by atoms with Gasteiger partial charge in [0.2, 0.25) is 0 Å². The summed E-state index contributed by atoms with van der Waals surface area (Å²) in [6, 6.07) is 7.84. The van der Waals surface area contributed by atoms with Crippen LogP contribution in [0, 0.1) is 0 Å². The van der Waals surface area contributed by atoms with Crippen molar-refractivity contribution >= 4 is 6.03 Å². The van der Waals surface area contributed by atoms with E-state index in [-0.39, 0.29) is 17.6 Å². The van der Waals surface area contributed by atoms with E-state index in [2.05, 4.69) is 15.5 Å². The molecule has 1 atom stereocenters. The second-order valence-electron chi connectivity index (χ2n) is 6.34. The first-order valence-electron chi connectivity index (χ1n) is 7.09. The maximum absolute atomic E-state index is 11.9. The van der Waals surface area contributed by atoms with Crippen molar-refractivity contribution in [3.8, 4) is 5.75 Å². The summed E-state index contributed by atoms with van der Waals surface area (Å²) in [6.07, 6.45) is 0. The van der Waals surface area contributed by atoms with E-state index < -0.39 is 0 Å². The van der Waals surface area contributed by atoms with E-state index in [0.29, 0.717) is 6.54 Å². The molecule has 0 aromatic heterocycles. The highest BCUT2D eigenvalue weighted by Crippen LogP contribution is 2.22. The summed E-state index contributed by atoms with van der Waals surface area (Å²) in [7, 11) is 5.64. The van der Waals surface area contributed by atoms with Gasteiger partial charge in [-0.15, -0.1) is 0 Å². The minimum Gasteiger partial charge on any atom is -0.497 e. The molecular weight excluding hydrogens is 266 g/mol. The molecule has 0 heterocycles. The van der Waals surface area contributed by atoms with Crippen LogP contribution in [-0.4, -0.2) is 44.2 Å². The Kier molecular flexibility index (Phi) is 6.03. The van der Waals surface area contributed by atoms with Crippen LogP contribution in [0.15, 0.2) is 24.3 Å². The number of hydrogen-bond donors (Lipinski definition) is 2. The number of hydrogen-bond acceptors (Lipinski definition) is 3. The van der Waals surface area contributed by atoms with Crippen molar-refractivity contribution in [2.24, 2.45) is 0 Å². The SMILES string of the molecule is COc1cccc(C(CNC(=O)NC(C)(C)C)N(C)C)c1. The Labute approximate surface area is 127 Å². The van der Waals surface area contributed by atoms with Crippen molar-refractivity contribution in [2.75, 3.05) is 27.7 Å². The van der Waals surface area contributed by atoms with Crippen LogP contribution in [-0.2, 0) is 0 Å². The van der Waals surface area contributed by atoms with Crippen LogP contribution in [0.1, 0.15) is 32.4 Å². The summed E-state index contributed by atoms with van der Waals surface area (Å²) < 4.78 is 5.26. The number of amides is 2. The van der Waals surface area contributed by atoms with Crippen molar-refractivity contribution in [3.05, 3.63) is 29.8 Å². The maximum Gasteiger partial charge on any atom is 0.315 e. The minimum absolute atomic E-state index is 0.0887. The Bertz CT molecular complexity index is 467. The number of carbonyl (C=O) groups is 1. The summed E-state index contributed by atoms with van der Waals surface area (Å²) in [4.78, 5) is 14.0. The van der Waals surface area contributed by atoms with Crippen molar-refractivity contribution in [1.29, 1.82) is 0 Å². The van der Waals surface area contributed by atoms with E-state index >= 15 is 0 Å². The van der Waals surface area contributed by atoms with Crippen molar-refractivity contribution in [3.63, 3.8) is 0 Å². The fraction of sp³-hybridized carbons (Fsp3) is 0.562. The Hall–Kier alpha value is -1.75. The highest BCUT2D eigenvalue weighted by molar-refractivity contribution is 5.74. The summed E-state index contributed by atoms with van der Waals surface area (Å²) >= 11 is 0. The lowest BCUT2D eigenvalue weighted by Crippen LogP contribution is -2.48. The van der Waals surface area contributed by atoms with Crippen LogP contribution >= 0.6 is 0 Å². The van der Waals surface area contributed by atoms with Gasteiger partial charge in [-0.1, -0.05) is 12.1 Å². The third-order valence-corrected chi connectivity index (χ3v) is 3.05. The largest absolute Gasteiger partial charge is 0.497 e. The van der Waals surface area contributed by atoms with Crippen LogP contribution in [0.2, 0.25) is 0 Å². The number of carbonyl (C=O) groups excluding carboxylic acids is 1. The molecular formula is C16H27N3O2. The highest BCUT2D eigenvalue weighted by atomic mass is 16.5. The summed E-state index contributed by atoms with van der Waals surface area (Å²) in [5.41, 5.74) is 0.864. The molecule has 0 spiro atoms. The van der Waals surface area contributed by atoms with E-state index in [1.807, 2.05) is 59.1 Å². The Morgan fingerprint density at radius 2 is 2.00 bits per heavy atom. The Morgan fingerprint density at radius 3 is 2.52 bits per heavy atom. The first-order chi connectivity index (χ1) is 9.73. The van der Waals surface area contributed by atoms with Crippen molar-refractivity contribution < 1.29 is 9.53 Å². The van der Waals surface area contributed by atoms with Gasteiger partial charge >= 0.3 is 6.03 Å². The molecule has 2 amide bonds. The molecule has 0 saturated heterocycles. The lowest BCUT2D eigenvalue weighted by Gasteiger charge is -2.27. The second kappa shape index (κ2) is 7.31. The quantitative estimate of drug-likeness (QED) is 0.876. The molecule has 0 aliphatic rings. The van der Waals surface area contributed by atoms with Gasteiger partial charge in [-0.25, -0.2) is 4.79 Å². The van der Waals surface area contributed by atoms with Crippen LogP contribution in [0.3, 0.4) is 0 Å². The lowest BCUT2D eigenvalue weighted by molar-refractivity contribution is 0.224. The zero-order chi connectivity index (χ0) is 16.0. The molecule has 1 aromatic rings. The molecule has 0 bridgehead atoms. The summed E-state index contributed by atoms with van der Waals surface area (Å²) in [6.45, 7) is 6.40. The van der Waals surface area contributed by atoms with Gasteiger partial charge in [-0.2, -0.15) is 0 Å². The fourth-order valence-electron chi connectivity index (χ4n) is 2.02. The van der Waals surface area contributed by atoms with Crippen LogP contribution < -0.4 is 15.4 Å². The first-order valence-corrected chi connectivity index (χ1v) is 7.09. The summed E-state index contributed by atoms with van der Waals surface area (Å²) in [5.74, 6) is 0.818. The van der Waals surface area contributed by atoms with E-state index in [1.165, 1.54) is 0 Å². The number of nitrogens with one attached hydrogen (secondary N) is 2. The topological polar surface area (TPSA) is 53.6 Å². The molecule has 0 saturated carbocycles. The third kappa shape index (κ3) is 6.04. The van der Waals surface area contributed by atoms with Crippen LogP contribution in [0.25, 0.3) is 0 Å². The average molecular weight is 293 g/mol. The zero-order valence-electron chi connectivity index (χ0n) is 13.9. The van der Waals surface area contributed by atoms with E-state index in [0.717, 1.165) is 11.3 Å². The normalized spacial score (nSPS) is 12.9. The number of nitrogens with zero attached hydrogens (tertiary/aromatic N) is 1. The fourth-order valence-corrected chi connectivity index (χ4v) is 2.02. The number of urea groups is 1. The Balaban J connectivity index is 2.72. The third-order valence-electron chi connectivity index (χ3n) is 3.05. The molecule has 1 rings (SSSR count). The van der Waals surface area contributed by atoms with Crippen LogP contribution in [0.5, 0.6) is 5.75 Å². The van der Waals surface area contributed by atoms with Gasteiger partial charge in [0.1, 0.15) is 5.75 Å². The second-order valence-corrected chi connectivity index (χ2v) is 6.34.